The van der Waals surface area contributed by atoms with Gasteiger partial charge in [0, 0.05) is 0 Å². The van der Waals surface area contributed by atoms with Crippen molar-refractivity contribution in [2.45, 2.75) is 6.92 Å². The zero-order valence-electron chi connectivity index (χ0n) is 9.27. The first kappa shape index (κ1) is 12.1. The van der Waals surface area contributed by atoms with Gasteiger partial charge in [0.15, 0.2) is 0 Å². The summed E-state index contributed by atoms with van der Waals surface area (Å²) in [6.45, 7) is 2.03. The van der Waals surface area contributed by atoms with Crippen LogP contribution in [0.4, 0.5) is 0 Å². The second kappa shape index (κ2) is 5.80. The molecule has 0 saturated carbocycles. The molecule has 0 spiro atoms. The number of ether oxygens (including phenoxy) is 2. The summed E-state index contributed by atoms with van der Waals surface area (Å²) >= 11 is 0. The maximum atomic E-state index is 11.4. The van der Waals surface area contributed by atoms with Crippen LogP contribution >= 0.6 is 0 Å². The highest BCUT2D eigenvalue weighted by Gasteiger charge is 2.10. The third-order valence-electron chi connectivity index (χ3n) is 1.89. The highest BCUT2D eigenvalue weighted by molar-refractivity contribution is 5.91. The minimum Gasteiger partial charge on any atom is -0.508 e. The van der Waals surface area contributed by atoms with E-state index in [9.17, 15) is 4.79 Å². The lowest BCUT2D eigenvalue weighted by Crippen LogP contribution is -2.08. The molecule has 0 amide bonds. The van der Waals surface area contributed by atoms with Crippen molar-refractivity contribution < 1.29 is 19.4 Å². The van der Waals surface area contributed by atoms with E-state index >= 15 is 0 Å². The Balaban J connectivity index is 2.87. The average Bonchev–Trinajstić information content (AvgIpc) is 2.28. The second-order valence-electron chi connectivity index (χ2n) is 3.02. The lowest BCUT2D eigenvalue weighted by Gasteiger charge is -2.05. The summed E-state index contributed by atoms with van der Waals surface area (Å²) in [5.41, 5.74) is 0.753. The smallest absolute Gasteiger partial charge is 0.373 e. The molecule has 0 atom stereocenters. The molecule has 0 aliphatic heterocycles. The first-order valence-corrected chi connectivity index (χ1v) is 4.89. The number of esters is 1. The van der Waals surface area contributed by atoms with Crippen molar-refractivity contribution in [3.63, 3.8) is 0 Å². The van der Waals surface area contributed by atoms with Crippen molar-refractivity contribution in [1.82, 2.24) is 0 Å². The lowest BCUT2D eigenvalue weighted by molar-refractivity contribution is -0.141. The van der Waals surface area contributed by atoms with Crippen LogP contribution in [0, 0.1) is 0 Å². The van der Waals surface area contributed by atoms with Gasteiger partial charge in [0.25, 0.3) is 0 Å². The highest BCUT2D eigenvalue weighted by atomic mass is 16.6. The van der Waals surface area contributed by atoms with Crippen LogP contribution < -0.4 is 0 Å². The minimum atomic E-state index is -0.502. The van der Waals surface area contributed by atoms with Crippen molar-refractivity contribution in [2.24, 2.45) is 0 Å². The van der Waals surface area contributed by atoms with Gasteiger partial charge >= 0.3 is 5.97 Å². The predicted octanol–water partition coefficient (Wildman–Crippen LogP) is 1.94. The average molecular weight is 222 g/mol. The van der Waals surface area contributed by atoms with Crippen molar-refractivity contribution in [3.05, 3.63) is 35.6 Å². The van der Waals surface area contributed by atoms with E-state index in [4.69, 9.17) is 14.6 Å². The zero-order chi connectivity index (χ0) is 12.0. The Labute approximate surface area is 94.1 Å². The summed E-state index contributed by atoms with van der Waals surface area (Å²) in [6.07, 6.45) is 1.55. The molecule has 1 N–H and O–H groups in total. The van der Waals surface area contributed by atoms with E-state index in [-0.39, 0.29) is 11.5 Å². The SMILES string of the molecule is CCOC(=O)/C(=C/c1ccc(O)cc1)OC. The number of carbonyl (C=O) groups is 1. The molecule has 16 heavy (non-hydrogen) atoms. The van der Waals surface area contributed by atoms with Crippen molar-refractivity contribution >= 4 is 12.0 Å². The standard InChI is InChI=1S/C12H14O4/c1-3-16-12(14)11(15-2)8-9-4-6-10(13)7-5-9/h4-8,13H,3H2,1-2H3/b11-8-. The Kier molecular flexibility index (Phi) is 4.39. The van der Waals surface area contributed by atoms with Crippen LogP contribution in [0.2, 0.25) is 0 Å². The zero-order valence-corrected chi connectivity index (χ0v) is 9.27. The van der Waals surface area contributed by atoms with Crippen LogP contribution in [0.3, 0.4) is 0 Å². The van der Waals surface area contributed by atoms with E-state index in [2.05, 4.69) is 0 Å². The van der Waals surface area contributed by atoms with Crippen LogP contribution in [0.25, 0.3) is 6.08 Å². The summed E-state index contributed by atoms with van der Waals surface area (Å²) < 4.78 is 9.73. The fourth-order valence-corrected chi connectivity index (χ4v) is 1.13. The number of phenolic OH excluding ortho intramolecular Hbond substituents is 1. The largest absolute Gasteiger partial charge is 0.508 e. The first-order valence-electron chi connectivity index (χ1n) is 4.89. The van der Waals surface area contributed by atoms with Gasteiger partial charge < -0.3 is 14.6 Å². The van der Waals surface area contributed by atoms with E-state index in [0.717, 1.165) is 5.56 Å². The number of aromatic hydroxyl groups is 1. The molecule has 0 unspecified atom stereocenters. The quantitative estimate of drug-likeness (QED) is 0.480. The Bertz CT molecular complexity index is 379. The van der Waals surface area contributed by atoms with Crippen LogP contribution in [0.5, 0.6) is 5.75 Å². The Morgan fingerprint density at radius 1 is 1.38 bits per heavy atom. The van der Waals surface area contributed by atoms with Crippen molar-refractivity contribution in [1.29, 1.82) is 0 Å². The topological polar surface area (TPSA) is 55.8 Å². The van der Waals surface area contributed by atoms with Gasteiger partial charge in [0.05, 0.1) is 13.7 Å². The summed E-state index contributed by atoms with van der Waals surface area (Å²) in [6, 6.07) is 6.41. The number of rotatable bonds is 4. The molecule has 0 saturated heterocycles. The van der Waals surface area contributed by atoms with Gasteiger partial charge in [-0.2, -0.15) is 0 Å². The molecule has 4 nitrogen and oxygen atoms in total. The minimum absolute atomic E-state index is 0.132. The van der Waals surface area contributed by atoms with Crippen LogP contribution in [-0.4, -0.2) is 24.8 Å². The summed E-state index contributed by atoms with van der Waals surface area (Å²) in [7, 11) is 1.41. The predicted molar refractivity (Wildman–Crippen MR) is 59.7 cm³/mol. The molecule has 0 bridgehead atoms. The summed E-state index contributed by atoms with van der Waals surface area (Å²) in [4.78, 5) is 11.4. The maximum absolute atomic E-state index is 11.4. The van der Waals surface area contributed by atoms with Gasteiger partial charge in [-0.1, -0.05) is 12.1 Å². The highest BCUT2D eigenvalue weighted by Crippen LogP contribution is 2.13. The number of hydrogen-bond donors (Lipinski definition) is 1. The number of methoxy groups -OCH3 is 1. The molecule has 1 aromatic rings. The molecule has 0 heterocycles. The van der Waals surface area contributed by atoms with Gasteiger partial charge in [-0.05, 0) is 30.7 Å². The van der Waals surface area contributed by atoms with E-state index in [0.29, 0.717) is 6.61 Å². The van der Waals surface area contributed by atoms with Crippen molar-refractivity contribution in [2.75, 3.05) is 13.7 Å². The summed E-state index contributed by atoms with van der Waals surface area (Å²) in [5.74, 6) is -0.196. The van der Waals surface area contributed by atoms with Crippen LogP contribution in [-0.2, 0) is 14.3 Å². The van der Waals surface area contributed by atoms with Crippen LogP contribution in [0.1, 0.15) is 12.5 Å². The van der Waals surface area contributed by atoms with Gasteiger partial charge in [-0.15, -0.1) is 0 Å². The fraction of sp³-hybridized carbons (Fsp3) is 0.250. The van der Waals surface area contributed by atoms with Crippen LogP contribution in [0.15, 0.2) is 30.0 Å². The Morgan fingerprint density at radius 3 is 2.50 bits per heavy atom. The molecular formula is C12H14O4. The molecule has 1 aromatic carbocycles. The monoisotopic (exact) mass is 222 g/mol. The third-order valence-corrected chi connectivity index (χ3v) is 1.89. The Hall–Kier alpha value is -1.97. The molecule has 0 aromatic heterocycles. The molecule has 0 aliphatic rings. The molecule has 0 radical (unpaired) electrons. The Morgan fingerprint density at radius 2 is 2.00 bits per heavy atom. The first-order chi connectivity index (χ1) is 7.67. The molecule has 0 fully saturated rings. The maximum Gasteiger partial charge on any atom is 0.373 e. The number of phenols is 1. The van der Waals surface area contributed by atoms with E-state index < -0.39 is 5.97 Å². The normalized spacial score (nSPS) is 11.0. The number of carbonyl (C=O) groups excluding carboxylic acids is 1. The van der Waals surface area contributed by atoms with E-state index in [1.165, 1.54) is 19.2 Å². The number of benzene rings is 1. The van der Waals surface area contributed by atoms with E-state index in [1.54, 1.807) is 25.1 Å². The number of hydrogen-bond acceptors (Lipinski definition) is 4. The lowest BCUT2D eigenvalue weighted by atomic mass is 10.2. The van der Waals surface area contributed by atoms with Gasteiger partial charge in [-0.25, -0.2) is 4.79 Å². The van der Waals surface area contributed by atoms with E-state index in [1.807, 2.05) is 0 Å². The van der Waals surface area contributed by atoms with Gasteiger partial charge in [0.1, 0.15) is 5.75 Å². The molecule has 0 aliphatic carbocycles. The molecule has 1 rings (SSSR count). The molecule has 4 heteroatoms. The summed E-state index contributed by atoms with van der Waals surface area (Å²) in [5, 5.41) is 9.10. The second-order valence-corrected chi connectivity index (χ2v) is 3.02. The molecule has 86 valence electrons. The van der Waals surface area contributed by atoms with Gasteiger partial charge in [-0.3, -0.25) is 0 Å². The molecular weight excluding hydrogens is 208 g/mol. The fourth-order valence-electron chi connectivity index (χ4n) is 1.13. The van der Waals surface area contributed by atoms with Gasteiger partial charge in [0.2, 0.25) is 5.76 Å². The third kappa shape index (κ3) is 3.31. The van der Waals surface area contributed by atoms with Crippen molar-refractivity contribution in [3.8, 4) is 5.75 Å².